The van der Waals surface area contributed by atoms with Crippen LogP contribution in [0.2, 0.25) is 10.0 Å². The summed E-state index contributed by atoms with van der Waals surface area (Å²) in [5, 5.41) is 3.95. The Balaban J connectivity index is 1.78. The Hall–Kier alpha value is -3.85. The van der Waals surface area contributed by atoms with Gasteiger partial charge < -0.3 is 10.2 Å². The number of carbonyl (C=O) groups excluding carboxylic acids is 2. The van der Waals surface area contributed by atoms with Gasteiger partial charge in [0.2, 0.25) is 11.8 Å². The Kier molecular flexibility index (Phi) is 11.4. The minimum atomic E-state index is -4.20. The van der Waals surface area contributed by atoms with Crippen LogP contribution in [0.3, 0.4) is 0 Å². The highest BCUT2D eigenvalue weighted by Crippen LogP contribution is 2.26. The number of halogens is 2. The predicted molar refractivity (Wildman–Crippen MR) is 176 cm³/mol. The average molecular weight is 653 g/mol. The summed E-state index contributed by atoms with van der Waals surface area (Å²) in [6.07, 6.45) is 0.938. The molecule has 4 aromatic rings. The third-order valence-electron chi connectivity index (χ3n) is 7.26. The summed E-state index contributed by atoms with van der Waals surface area (Å²) in [6, 6.07) is 29.6. The summed E-state index contributed by atoms with van der Waals surface area (Å²) in [4.78, 5) is 29.7. The molecule has 230 valence electrons. The second-order valence-corrected chi connectivity index (χ2v) is 13.2. The van der Waals surface area contributed by atoms with E-state index in [4.69, 9.17) is 23.2 Å². The van der Waals surface area contributed by atoms with Gasteiger partial charge in [0.15, 0.2) is 0 Å². The van der Waals surface area contributed by atoms with Gasteiger partial charge in [0.1, 0.15) is 12.6 Å². The standard InChI is InChI=1S/C34H35Cl2N3O4S/c1-3-25(2)37-34(41)32(22-26-10-6-4-7-11-26)38(23-27-14-16-28(35)17-15-27)33(40)24-39(30-12-8-5-9-13-30)44(42,43)31-20-18-29(36)19-21-31/h4-21,25,32H,3,22-24H2,1-2H3,(H,37,41). The summed E-state index contributed by atoms with van der Waals surface area (Å²) in [6.45, 7) is 3.39. The number of sulfonamides is 1. The maximum Gasteiger partial charge on any atom is 0.264 e. The summed E-state index contributed by atoms with van der Waals surface area (Å²) >= 11 is 12.2. The molecule has 0 aliphatic rings. The molecular weight excluding hydrogens is 617 g/mol. The Morgan fingerprint density at radius 1 is 0.773 bits per heavy atom. The first-order chi connectivity index (χ1) is 21.1. The first kappa shape index (κ1) is 33.1. The minimum Gasteiger partial charge on any atom is -0.352 e. The van der Waals surface area contributed by atoms with Gasteiger partial charge in [-0.25, -0.2) is 8.42 Å². The van der Waals surface area contributed by atoms with Crippen LogP contribution in [0.5, 0.6) is 0 Å². The van der Waals surface area contributed by atoms with Gasteiger partial charge in [-0.2, -0.15) is 0 Å². The molecule has 4 aromatic carbocycles. The molecule has 2 atom stereocenters. The molecule has 2 unspecified atom stereocenters. The molecule has 1 N–H and O–H groups in total. The predicted octanol–water partition coefficient (Wildman–Crippen LogP) is 6.74. The zero-order chi connectivity index (χ0) is 31.7. The number of hydrogen-bond donors (Lipinski definition) is 1. The van der Waals surface area contributed by atoms with Crippen LogP contribution in [0.25, 0.3) is 0 Å². The number of amides is 2. The lowest BCUT2D eigenvalue weighted by atomic mass is 10.0. The molecular formula is C34H35Cl2N3O4S. The van der Waals surface area contributed by atoms with Crippen molar-refractivity contribution in [3.8, 4) is 0 Å². The van der Waals surface area contributed by atoms with Crippen molar-refractivity contribution in [2.24, 2.45) is 0 Å². The first-order valence-electron chi connectivity index (χ1n) is 14.3. The highest BCUT2D eigenvalue weighted by atomic mass is 35.5. The van der Waals surface area contributed by atoms with Gasteiger partial charge in [0.25, 0.3) is 10.0 Å². The molecule has 7 nitrogen and oxygen atoms in total. The van der Waals surface area contributed by atoms with Crippen molar-refractivity contribution in [3.05, 3.63) is 130 Å². The van der Waals surface area contributed by atoms with Crippen molar-refractivity contribution in [3.63, 3.8) is 0 Å². The van der Waals surface area contributed by atoms with E-state index in [9.17, 15) is 18.0 Å². The van der Waals surface area contributed by atoms with E-state index in [2.05, 4.69) is 5.32 Å². The Morgan fingerprint density at radius 2 is 1.32 bits per heavy atom. The van der Waals surface area contributed by atoms with Crippen molar-refractivity contribution in [2.75, 3.05) is 10.8 Å². The molecule has 10 heteroatoms. The summed E-state index contributed by atoms with van der Waals surface area (Å²) in [5.41, 5.74) is 1.91. The second kappa shape index (κ2) is 15.2. The van der Waals surface area contributed by atoms with Crippen LogP contribution in [0.4, 0.5) is 5.69 Å². The SMILES string of the molecule is CCC(C)NC(=O)C(Cc1ccccc1)N(Cc1ccc(Cl)cc1)C(=O)CN(c1ccccc1)S(=O)(=O)c1ccc(Cl)cc1. The van der Waals surface area contributed by atoms with Crippen LogP contribution in [0.15, 0.2) is 114 Å². The fourth-order valence-corrected chi connectivity index (χ4v) is 6.30. The summed E-state index contributed by atoms with van der Waals surface area (Å²) < 4.78 is 29.1. The lowest BCUT2D eigenvalue weighted by molar-refractivity contribution is -0.140. The molecule has 0 aliphatic heterocycles. The van der Waals surface area contributed by atoms with Gasteiger partial charge in [-0.15, -0.1) is 0 Å². The number of nitrogens with one attached hydrogen (secondary N) is 1. The Labute approximate surface area is 269 Å². The number of rotatable bonds is 13. The zero-order valence-corrected chi connectivity index (χ0v) is 26.9. The maximum absolute atomic E-state index is 14.4. The molecule has 0 saturated carbocycles. The van der Waals surface area contributed by atoms with Crippen molar-refractivity contribution in [2.45, 2.75) is 50.2 Å². The number of carbonyl (C=O) groups is 2. The highest BCUT2D eigenvalue weighted by Gasteiger charge is 2.35. The molecule has 0 heterocycles. The molecule has 0 radical (unpaired) electrons. The number of benzene rings is 4. The van der Waals surface area contributed by atoms with E-state index in [-0.39, 0.29) is 29.8 Å². The van der Waals surface area contributed by atoms with E-state index in [1.165, 1.54) is 29.2 Å². The molecule has 0 saturated heterocycles. The van der Waals surface area contributed by atoms with Crippen LogP contribution in [-0.4, -0.2) is 43.8 Å². The largest absolute Gasteiger partial charge is 0.352 e. The molecule has 44 heavy (non-hydrogen) atoms. The number of hydrogen-bond acceptors (Lipinski definition) is 4. The lowest BCUT2D eigenvalue weighted by Crippen LogP contribution is -2.54. The van der Waals surface area contributed by atoms with Crippen molar-refractivity contribution < 1.29 is 18.0 Å². The topological polar surface area (TPSA) is 86.8 Å². The number of para-hydroxylation sites is 1. The van der Waals surface area contributed by atoms with Crippen LogP contribution >= 0.6 is 23.2 Å². The third kappa shape index (κ3) is 8.62. The van der Waals surface area contributed by atoms with Gasteiger partial charge in [-0.3, -0.25) is 13.9 Å². The quantitative estimate of drug-likeness (QED) is 0.173. The maximum atomic E-state index is 14.4. The zero-order valence-electron chi connectivity index (χ0n) is 24.6. The summed E-state index contributed by atoms with van der Waals surface area (Å²) in [5.74, 6) is -0.862. The highest BCUT2D eigenvalue weighted by molar-refractivity contribution is 7.92. The summed E-state index contributed by atoms with van der Waals surface area (Å²) in [7, 11) is -4.20. The normalized spacial score (nSPS) is 12.6. The molecule has 2 amide bonds. The van der Waals surface area contributed by atoms with Gasteiger partial charge in [0, 0.05) is 29.1 Å². The molecule has 0 aliphatic carbocycles. The third-order valence-corrected chi connectivity index (χ3v) is 9.56. The second-order valence-electron chi connectivity index (χ2n) is 10.5. The van der Waals surface area contributed by atoms with E-state index in [1.54, 1.807) is 54.6 Å². The molecule has 0 fully saturated rings. The van der Waals surface area contributed by atoms with Gasteiger partial charge in [-0.1, -0.05) is 90.8 Å². The van der Waals surface area contributed by atoms with Crippen LogP contribution < -0.4 is 9.62 Å². The smallest absolute Gasteiger partial charge is 0.264 e. The average Bonchev–Trinajstić information content (AvgIpc) is 3.03. The van der Waals surface area contributed by atoms with E-state index >= 15 is 0 Å². The van der Waals surface area contributed by atoms with Crippen molar-refractivity contribution in [1.82, 2.24) is 10.2 Å². The first-order valence-corrected chi connectivity index (χ1v) is 16.5. The monoisotopic (exact) mass is 651 g/mol. The van der Waals surface area contributed by atoms with E-state index in [1.807, 2.05) is 44.2 Å². The van der Waals surface area contributed by atoms with Crippen molar-refractivity contribution in [1.29, 1.82) is 0 Å². The Morgan fingerprint density at radius 3 is 1.89 bits per heavy atom. The van der Waals surface area contributed by atoms with Gasteiger partial charge in [-0.05, 0) is 73.0 Å². The number of anilines is 1. The minimum absolute atomic E-state index is 0.0156. The van der Waals surface area contributed by atoms with E-state index in [0.29, 0.717) is 22.2 Å². The van der Waals surface area contributed by atoms with Gasteiger partial charge in [0.05, 0.1) is 10.6 Å². The van der Waals surface area contributed by atoms with Crippen LogP contribution in [-0.2, 0) is 32.6 Å². The molecule has 4 rings (SSSR count). The fourth-order valence-electron chi connectivity index (χ4n) is 4.64. The number of nitrogens with zero attached hydrogens (tertiary/aromatic N) is 2. The lowest BCUT2D eigenvalue weighted by Gasteiger charge is -2.34. The van der Waals surface area contributed by atoms with E-state index in [0.717, 1.165) is 15.4 Å². The van der Waals surface area contributed by atoms with Gasteiger partial charge >= 0.3 is 0 Å². The van der Waals surface area contributed by atoms with Crippen molar-refractivity contribution >= 4 is 50.7 Å². The van der Waals surface area contributed by atoms with Crippen LogP contribution in [0, 0.1) is 0 Å². The Bertz CT molecular complexity index is 1640. The van der Waals surface area contributed by atoms with E-state index < -0.39 is 28.5 Å². The van der Waals surface area contributed by atoms with Crippen LogP contribution in [0.1, 0.15) is 31.4 Å². The molecule has 0 aromatic heterocycles. The molecule has 0 bridgehead atoms. The molecule has 0 spiro atoms. The fraction of sp³-hybridized carbons (Fsp3) is 0.235.